The van der Waals surface area contributed by atoms with Gasteiger partial charge in [0.1, 0.15) is 5.69 Å². The van der Waals surface area contributed by atoms with Crippen molar-refractivity contribution >= 4 is 11.5 Å². The van der Waals surface area contributed by atoms with Gasteiger partial charge in [0.25, 0.3) is 0 Å². The molecule has 7 heteroatoms. The van der Waals surface area contributed by atoms with Crippen LogP contribution in [0.2, 0.25) is 0 Å². The predicted octanol–water partition coefficient (Wildman–Crippen LogP) is 2.43. The number of nitrogens with one attached hydrogen (secondary N) is 1. The van der Waals surface area contributed by atoms with Gasteiger partial charge in [-0.1, -0.05) is 13.8 Å². The highest BCUT2D eigenvalue weighted by molar-refractivity contribution is 5.61. The number of anilines is 1. The monoisotopic (exact) mass is 282 g/mol. The van der Waals surface area contributed by atoms with Gasteiger partial charge >= 0.3 is 5.69 Å². The quantitative estimate of drug-likeness (QED) is 0.662. The van der Waals surface area contributed by atoms with Gasteiger partial charge in [0.2, 0.25) is 5.82 Å². The van der Waals surface area contributed by atoms with E-state index in [1.54, 1.807) is 11.7 Å². The molecule has 20 heavy (non-hydrogen) atoms. The maximum Gasteiger partial charge on any atom is 0.334 e. The Labute approximate surface area is 118 Å². The molecule has 2 unspecified atom stereocenters. The highest BCUT2D eigenvalue weighted by Crippen LogP contribution is 2.33. The molecule has 7 nitrogen and oxygen atoms in total. The van der Waals surface area contributed by atoms with Gasteiger partial charge in [-0.25, -0.2) is 4.68 Å². The molecule has 1 saturated heterocycles. The van der Waals surface area contributed by atoms with Crippen LogP contribution in [-0.4, -0.2) is 33.5 Å². The molecule has 2 atom stereocenters. The van der Waals surface area contributed by atoms with E-state index in [0.717, 1.165) is 19.4 Å². The SMILES string of the molecule is CC(C)c1nn(C)c(NC(C)C2CCCO2)c1[N+](=O)[O-]. The molecule has 0 saturated carbocycles. The zero-order valence-corrected chi connectivity index (χ0v) is 12.4. The number of ether oxygens (including phenoxy) is 1. The van der Waals surface area contributed by atoms with E-state index in [-0.39, 0.29) is 28.7 Å². The van der Waals surface area contributed by atoms with E-state index in [2.05, 4.69) is 10.4 Å². The molecule has 1 fully saturated rings. The Kier molecular flexibility index (Phi) is 4.27. The fourth-order valence-electron chi connectivity index (χ4n) is 2.57. The van der Waals surface area contributed by atoms with Crippen molar-refractivity contribution in [2.24, 2.45) is 7.05 Å². The van der Waals surface area contributed by atoms with Crippen LogP contribution in [0.3, 0.4) is 0 Å². The molecule has 0 aromatic carbocycles. The molecule has 1 aliphatic heterocycles. The molecule has 1 aromatic heterocycles. The topological polar surface area (TPSA) is 82.2 Å². The summed E-state index contributed by atoms with van der Waals surface area (Å²) in [5, 5.41) is 18.8. The van der Waals surface area contributed by atoms with Crippen molar-refractivity contribution in [3.63, 3.8) is 0 Å². The largest absolute Gasteiger partial charge is 0.376 e. The third kappa shape index (κ3) is 2.77. The summed E-state index contributed by atoms with van der Waals surface area (Å²) in [4.78, 5) is 11.0. The van der Waals surface area contributed by atoms with Gasteiger partial charge in [-0.05, 0) is 19.8 Å². The number of rotatable bonds is 5. The van der Waals surface area contributed by atoms with Crippen LogP contribution in [0.4, 0.5) is 11.5 Å². The molecule has 1 aromatic rings. The first-order chi connectivity index (χ1) is 9.41. The molecule has 0 radical (unpaired) electrons. The van der Waals surface area contributed by atoms with Crippen LogP contribution >= 0.6 is 0 Å². The number of aromatic nitrogens is 2. The van der Waals surface area contributed by atoms with Gasteiger partial charge in [0.05, 0.1) is 17.1 Å². The number of aryl methyl sites for hydroxylation is 1. The third-order valence-corrected chi connectivity index (χ3v) is 3.66. The molecular weight excluding hydrogens is 260 g/mol. The Morgan fingerprint density at radius 2 is 2.20 bits per heavy atom. The Balaban J connectivity index is 2.28. The lowest BCUT2D eigenvalue weighted by atomic mass is 10.1. The number of hydrogen-bond acceptors (Lipinski definition) is 5. The fourth-order valence-corrected chi connectivity index (χ4v) is 2.57. The lowest BCUT2D eigenvalue weighted by Crippen LogP contribution is -2.31. The van der Waals surface area contributed by atoms with Gasteiger partial charge in [0.15, 0.2) is 0 Å². The molecule has 0 amide bonds. The zero-order valence-electron chi connectivity index (χ0n) is 12.4. The maximum atomic E-state index is 11.3. The molecule has 0 spiro atoms. The third-order valence-electron chi connectivity index (χ3n) is 3.66. The van der Waals surface area contributed by atoms with Crippen molar-refractivity contribution in [3.05, 3.63) is 15.8 Å². The minimum Gasteiger partial charge on any atom is -0.376 e. The first-order valence-corrected chi connectivity index (χ1v) is 7.01. The van der Waals surface area contributed by atoms with Gasteiger partial charge in [-0.2, -0.15) is 5.10 Å². The van der Waals surface area contributed by atoms with E-state index in [4.69, 9.17) is 4.74 Å². The summed E-state index contributed by atoms with van der Waals surface area (Å²) in [6.45, 7) is 6.56. The van der Waals surface area contributed by atoms with Crippen molar-refractivity contribution < 1.29 is 9.66 Å². The zero-order chi connectivity index (χ0) is 14.9. The molecule has 2 rings (SSSR count). The lowest BCUT2D eigenvalue weighted by Gasteiger charge is -2.20. The van der Waals surface area contributed by atoms with Crippen molar-refractivity contribution in [2.75, 3.05) is 11.9 Å². The van der Waals surface area contributed by atoms with Crippen LogP contribution in [0, 0.1) is 10.1 Å². The van der Waals surface area contributed by atoms with Crippen molar-refractivity contribution in [1.29, 1.82) is 0 Å². The van der Waals surface area contributed by atoms with Crippen LogP contribution in [-0.2, 0) is 11.8 Å². The molecule has 0 bridgehead atoms. The molecule has 1 N–H and O–H groups in total. The number of nitro groups is 1. The molecular formula is C13H22N4O3. The second-order valence-electron chi connectivity index (χ2n) is 5.60. The normalized spacial score (nSPS) is 20.4. The van der Waals surface area contributed by atoms with E-state index in [0.29, 0.717) is 11.5 Å². The van der Waals surface area contributed by atoms with Crippen LogP contribution in [0.15, 0.2) is 0 Å². The van der Waals surface area contributed by atoms with Gasteiger partial charge in [-0.3, -0.25) is 10.1 Å². The van der Waals surface area contributed by atoms with Crippen LogP contribution < -0.4 is 5.32 Å². The standard InChI is InChI=1S/C13H22N4O3/c1-8(2)11-12(17(18)19)13(16(4)15-11)14-9(3)10-6-5-7-20-10/h8-10,14H,5-7H2,1-4H3. The van der Waals surface area contributed by atoms with E-state index >= 15 is 0 Å². The average molecular weight is 282 g/mol. The summed E-state index contributed by atoms with van der Waals surface area (Å²) in [5.41, 5.74) is 0.590. The maximum absolute atomic E-state index is 11.3. The van der Waals surface area contributed by atoms with Gasteiger partial charge < -0.3 is 10.1 Å². The van der Waals surface area contributed by atoms with E-state index in [1.165, 1.54) is 0 Å². The fraction of sp³-hybridized carbons (Fsp3) is 0.769. The minimum absolute atomic E-state index is 0.00943. The Bertz CT molecular complexity index is 492. The lowest BCUT2D eigenvalue weighted by molar-refractivity contribution is -0.384. The van der Waals surface area contributed by atoms with E-state index < -0.39 is 0 Å². The summed E-state index contributed by atoms with van der Waals surface area (Å²) in [5.74, 6) is 0.469. The van der Waals surface area contributed by atoms with Gasteiger partial charge in [0, 0.05) is 19.6 Å². The molecule has 2 heterocycles. The summed E-state index contributed by atoms with van der Waals surface area (Å²) in [6, 6.07) is 0.0200. The molecule has 1 aliphatic rings. The highest BCUT2D eigenvalue weighted by Gasteiger charge is 2.31. The number of nitrogens with zero attached hydrogens (tertiary/aromatic N) is 3. The Morgan fingerprint density at radius 1 is 1.50 bits per heavy atom. The first-order valence-electron chi connectivity index (χ1n) is 7.01. The molecule has 0 aliphatic carbocycles. The van der Waals surface area contributed by atoms with Crippen molar-refractivity contribution in [2.45, 2.75) is 51.7 Å². The van der Waals surface area contributed by atoms with Crippen LogP contribution in [0.25, 0.3) is 0 Å². The Morgan fingerprint density at radius 3 is 2.70 bits per heavy atom. The second-order valence-corrected chi connectivity index (χ2v) is 5.60. The smallest absolute Gasteiger partial charge is 0.334 e. The summed E-state index contributed by atoms with van der Waals surface area (Å²) < 4.78 is 7.17. The van der Waals surface area contributed by atoms with Crippen LogP contribution in [0.1, 0.15) is 45.2 Å². The highest BCUT2D eigenvalue weighted by atomic mass is 16.6. The second kappa shape index (κ2) is 5.78. The van der Waals surface area contributed by atoms with Crippen molar-refractivity contribution in [3.8, 4) is 0 Å². The predicted molar refractivity (Wildman–Crippen MR) is 76.0 cm³/mol. The van der Waals surface area contributed by atoms with E-state index in [1.807, 2.05) is 20.8 Å². The first kappa shape index (κ1) is 14.8. The van der Waals surface area contributed by atoms with Crippen molar-refractivity contribution in [1.82, 2.24) is 9.78 Å². The summed E-state index contributed by atoms with van der Waals surface area (Å²) >= 11 is 0. The number of hydrogen-bond donors (Lipinski definition) is 1. The summed E-state index contributed by atoms with van der Waals surface area (Å²) in [6.07, 6.45) is 2.13. The van der Waals surface area contributed by atoms with Gasteiger partial charge in [-0.15, -0.1) is 0 Å². The minimum atomic E-state index is -0.354. The van der Waals surface area contributed by atoms with Crippen LogP contribution in [0.5, 0.6) is 0 Å². The summed E-state index contributed by atoms with van der Waals surface area (Å²) in [7, 11) is 1.73. The Hall–Kier alpha value is -1.63. The molecule has 112 valence electrons. The average Bonchev–Trinajstić information content (AvgIpc) is 2.97. The van der Waals surface area contributed by atoms with E-state index in [9.17, 15) is 10.1 Å².